The summed E-state index contributed by atoms with van der Waals surface area (Å²) in [5.74, 6) is 0.778. The number of amides is 2. The average molecular weight is 416 g/mol. The van der Waals surface area contributed by atoms with Crippen molar-refractivity contribution in [3.8, 4) is 0 Å². The zero-order valence-corrected chi connectivity index (χ0v) is 17.5. The number of ether oxygens (including phenoxy) is 2. The van der Waals surface area contributed by atoms with Crippen molar-refractivity contribution in [1.29, 1.82) is 0 Å². The van der Waals surface area contributed by atoms with Gasteiger partial charge in [-0.05, 0) is 45.6 Å². The predicted octanol–water partition coefficient (Wildman–Crippen LogP) is 2.62. The van der Waals surface area contributed by atoms with Crippen LogP contribution >= 0.6 is 0 Å². The standard InChI is InChI=1S/C20H28N6O4/c1-20(2,3)23-19(28)30-13-8-16(29-11-13)14-9-17(25-24-14)22-18(27)15-6-7-21-26(15)10-12-4-5-12/h6-7,9,12-13,16H,4-5,8,10-11H2,1-3H3,(H,23,28)(H2,22,24,25,27). The Hall–Kier alpha value is -2.88. The zero-order chi connectivity index (χ0) is 21.3. The van der Waals surface area contributed by atoms with Gasteiger partial charge < -0.3 is 20.1 Å². The van der Waals surface area contributed by atoms with Gasteiger partial charge in [-0.1, -0.05) is 0 Å². The third-order valence-corrected chi connectivity index (χ3v) is 4.97. The molecule has 2 amide bonds. The smallest absolute Gasteiger partial charge is 0.407 e. The lowest BCUT2D eigenvalue weighted by atomic mass is 10.1. The fourth-order valence-electron chi connectivity index (χ4n) is 3.35. The maximum absolute atomic E-state index is 12.6. The summed E-state index contributed by atoms with van der Waals surface area (Å²) >= 11 is 0. The fourth-order valence-corrected chi connectivity index (χ4v) is 3.35. The van der Waals surface area contributed by atoms with E-state index in [0.717, 1.165) is 12.2 Å². The number of nitrogens with one attached hydrogen (secondary N) is 3. The van der Waals surface area contributed by atoms with Crippen molar-refractivity contribution in [2.75, 3.05) is 11.9 Å². The summed E-state index contributed by atoms with van der Waals surface area (Å²) in [6.45, 7) is 6.75. The van der Waals surface area contributed by atoms with E-state index in [1.807, 2.05) is 20.8 Å². The van der Waals surface area contributed by atoms with E-state index in [0.29, 0.717) is 30.5 Å². The third kappa shape index (κ3) is 5.18. The molecule has 3 heterocycles. The van der Waals surface area contributed by atoms with Crippen molar-refractivity contribution in [2.45, 2.75) is 64.3 Å². The largest absolute Gasteiger partial charge is 0.444 e. The number of alkyl carbamates (subject to hydrolysis) is 1. The van der Waals surface area contributed by atoms with Crippen LogP contribution in [0, 0.1) is 5.92 Å². The topological polar surface area (TPSA) is 123 Å². The van der Waals surface area contributed by atoms with Crippen LogP contribution in [-0.2, 0) is 16.0 Å². The minimum absolute atomic E-state index is 0.251. The second kappa shape index (κ2) is 8.10. The second-order valence-corrected chi connectivity index (χ2v) is 8.96. The molecule has 1 aliphatic carbocycles. The Morgan fingerprint density at radius 1 is 1.37 bits per heavy atom. The minimum atomic E-state index is -0.461. The van der Waals surface area contributed by atoms with Crippen LogP contribution in [0.4, 0.5) is 10.6 Å². The summed E-state index contributed by atoms with van der Waals surface area (Å²) in [4.78, 5) is 24.5. The fraction of sp³-hybridized carbons (Fsp3) is 0.600. The molecule has 1 saturated carbocycles. The minimum Gasteiger partial charge on any atom is -0.444 e. The van der Waals surface area contributed by atoms with Crippen LogP contribution in [-0.4, -0.2) is 50.2 Å². The van der Waals surface area contributed by atoms with Gasteiger partial charge in [0.1, 0.15) is 17.9 Å². The molecule has 2 fully saturated rings. The van der Waals surface area contributed by atoms with Gasteiger partial charge in [0.25, 0.3) is 5.91 Å². The Labute approximate surface area is 174 Å². The molecule has 0 bridgehead atoms. The number of carbonyl (C=O) groups is 2. The molecule has 3 N–H and O–H groups in total. The van der Waals surface area contributed by atoms with Crippen LogP contribution in [0.5, 0.6) is 0 Å². The van der Waals surface area contributed by atoms with Crippen LogP contribution in [0.2, 0.25) is 0 Å². The van der Waals surface area contributed by atoms with Crippen molar-refractivity contribution in [1.82, 2.24) is 25.3 Å². The van der Waals surface area contributed by atoms with E-state index >= 15 is 0 Å². The predicted molar refractivity (Wildman–Crippen MR) is 108 cm³/mol. The molecule has 2 aliphatic rings. The van der Waals surface area contributed by atoms with E-state index in [-0.39, 0.29) is 23.7 Å². The molecule has 1 saturated heterocycles. The molecule has 0 radical (unpaired) electrons. The number of anilines is 1. The summed E-state index contributed by atoms with van der Waals surface area (Å²) < 4.78 is 12.9. The summed E-state index contributed by atoms with van der Waals surface area (Å²) in [5.41, 5.74) is 0.876. The number of hydrogen-bond acceptors (Lipinski definition) is 6. The van der Waals surface area contributed by atoms with E-state index < -0.39 is 6.09 Å². The molecule has 2 aromatic heterocycles. The summed E-state index contributed by atoms with van der Waals surface area (Å²) in [7, 11) is 0. The lowest BCUT2D eigenvalue weighted by molar-refractivity contribution is 0.0661. The van der Waals surface area contributed by atoms with Gasteiger partial charge >= 0.3 is 6.09 Å². The van der Waals surface area contributed by atoms with Crippen LogP contribution in [0.3, 0.4) is 0 Å². The third-order valence-electron chi connectivity index (χ3n) is 4.97. The molecule has 30 heavy (non-hydrogen) atoms. The summed E-state index contributed by atoms with van der Waals surface area (Å²) in [6.07, 6.45) is 3.45. The molecule has 162 valence electrons. The average Bonchev–Trinajstić information content (AvgIpc) is 3.03. The molecule has 4 rings (SSSR count). The number of aromatic amines is 1. The molecule has 0 spiro atoms. The van der Waals surface area contributed by atoms with Crippen molar-refractivity contribution in [2.24, 2.45) is 5.92 Å². The van der Waals surface area contributed by atoms with E-state index in [9.17, 15) is 9.59 Å². The molecule has 1 aliphatic heterocycles. The first-order valence-corrected chi connectivity index (χ1v) is 10.3. The maximum atomic E-state index is 12.6. The van der Waals surface area contributed by atoms with Gasteiger partial charge in [-0.3, -0.25) is 14.6 Å². The van der Waals surface area contributed by atoms with Gasteiger partial charge in [0, 0.05) is 30.8 Å². The molecular weight excluding hydrogens is 388 g/mol. The van der Waals surface area contributed by atoms with E-state index in [1.54, 1.807) is 23.0 Å². The number of hydrogen-bond donors (Lipinski definition) is 3. The molecule has 10 nitrogen and oxygen atoms in total. The quantitative estimate of drug-likeness (QED) is 0.665. The van der Waals surface area contributed by atoms with Crippen molar-refractivity contribution in [3.05, 3.63) is 29.7 Å². The Balaban J connectivity index is 1.31. The Bertz CT molecular complexity index is 911. The first-order valence-electron chi connectivity index (χ1n) is 10.3. The van der Waals surface area contributed by atoms with Gasteiger partial charge in [-0.25, -0.2) is 4.79 Å². The number of nitrogens with zero attached hydrogens (tertiary/aromatic N) is 3. The van der Waals surface area contributed by atoms with Crippen molar-refractivity contribution in [3.63, 3.8) is 0 Å². The molecule has 2 atom stereocenters. The van der Waals surface area contributed by atoms with Gasteiger partial charge in [-0.2, -0.15) is 10.2 Å². The highest BCUT2D eigenvalue weighted by atomic mass is 16.6. The monoisotopic (exact) mass is 416 g/mol. The van der Waals surface area contributed by atoms with Gasteiger partial charge in [0.2, 0.25) is 0 Å². The molecular formula is C20H28N6O4. The van der Waals surface area contributed by atoms with E-state index in [4.69, 9.17) is 9.47 Å². The number of aromatic nitrogens is 4. The van der Waals surface area contributed by atoms with E-state index in [2.05, 4.69) is 25.9 Å². The van der Waals surface area contributed by atoms with Crippen molar-refractivity contribution < 1.29 is 19.1 Å². The van der Waals surface area contributed by atoms with E-state index in [1.165, 1.54) is 12.8 Å². The highest BCUT2D eigenvalue weighted by Gasteiger charge is 2.32. The highest BCUT2D eigenvalue weighted by molar-refractivity contribution is 6.02. The van der Waals surface area contributed by atoms with Crippen LogP contribution in [0.1, 0.15) is 62.3 Å². The van der Waals surface area contributed by atoms with Gasteiger partial charge in [0.15, 0.2) is 5.82 Å². The molecule has 2 aromatic rings. The van der Waals surface area contributed by atoms with Gasteiger partial charge in [0.05, 0.1) is 12.3 Å². The lowest BCUT2D eigenvalue weighted by Crippen LogP contribution is -2.42. The first kappa shape index (κ1) is 20.4. The molecule has 10 heteroatoms. The molecule has 2 unspecified atom stereocenters. The number of rotatable bonds is 6. The normalized spacial score (nSPS) is 21.4. The number of H-pyrrole nitrogens is 1. The van der Waals surface area contributed by atoms with Crippen LogP contribution in [0.25, 0.3) is 0 Å². The lowest BCUT2D eigenvalue weighted by Gasteiger charge is -2.21. The Morgan fingerprint density at radius 3 is 2.90 bits per heavy atom. The molecule has 0 aromatic carbocycles. The number of carbonyl (C=O) groups excluding carboxylic acids is 2. The highest BCUT2D eigenvalue weighted by Crippen LogP contribution is 2.31. The van der Waals surface area contributed by atoms with Gasteiger partial charge in [-0.15, -0.1) is 0 Å². The summed E-state index contributed by atoms with van der Waals surface area (Å²) in [5, 5.41) is 16.9. The van der Waals surface area contributed by atoms with Crippen LogP contribution in [0.15, 0.2) is 18.3 Å². The Kier molecular flexibility index (Phi) is 5.50. The Morgan fingerprint density at radius 2 is 2.17 bits per heavy atom. The van der Waals surface area contributed by atoms with Crippen molar-refractivity contribution >= 4 is 17.8 Å². The maximum Gasteiger partial charge on any atom is 0.407 e. The van der Waals surface area contributed by atoms with Crippen LogP contribution < -0.4 is 10.6 Å². The zero-order valence-electron chi connectivity index (χ0n) is 17.5. The first-order chi connectivity index (χ1) is 14.3. The summed E-state index contributed by atoms with van der Waals surface area (Å²) in [6, 6.07) is 3.44. The SMILES string of the molecule is CC(C)(C)NC(=O)OC1COC(c2cc(NC(=O)c3ccnn3CC3CC3)n[nH]2)C1. The second-order valence-electron chi connectivity index (χ2n) is 8.96.